The summed E-state index contributed by atoms with van der Waals surface area (Å²) in [7, 11) is -3.70. The Morgan fingerprint density at radius 1 is 1.00 bits per heavy atom. The van der Waals surface area contributed by atoms with Crippen LogP contribution in [0.2, 0.25) is 0 Å². The molecule has 2 heterocycles. The number of nitrogens with one attached hydrogen (secondary N) is 1. The van der Waals surface area contributed by atoms with E-state index in [1.807, 2.05) is 36.1 Å². The van der Waals surface area contributed by atoms with Gasteiger partial charge in [0.25, 0.3) is 0 Å². The number of carbonyl (C=O) groups is 1. The lowest BCUT2D eigenvalue weighted by Gasteiger charge is -2.32. The highest BCUT2D eigenvalue weighted by Gasteiger charge is 2.27. The Bertz CT molecular complexity index is 1220. The highest BCUT2D eigenvalue weighted by Crippen LogP contribution is 2.25. The van der Waals surface area contributed by atoms with Gasteiger partial charge in [-0.2, -0.15) is 0 Å². The molecule has 1 aliphatic rings. The molecule has 4 rings (SSSR count). The van der Waals surface area contributed by atoms with Gasteiger partial charge >= 0.3 is 0 Å². The third kappa shape index (κ3) is 5.06. The molecule has 0 aliphatic carbocycles. The number of hydrogen-bond acceptors (Lipinski definition) is 6. The largest absolute Gasteiger partial charge is 0.355 e. The number of sulfone groups is 1. The van der Waals surface area contributed by atoms with Crippen molar-refractivity contribution in [1.82, 2.24) is 10.2 Å². The molecule has 0 radical (unpaired) electrons. The number of aromatic nitrogens is 2. The number of benzene rings is 2. The lowest BCUT2D eigenvalue weighted by atomic mass is 9.95. The van der Waals surface area contributed by atoms with Crippen molar-refractivity contribution >= 4 is 27.2 Å². The fourth-order valence-corrected chi connectivity index (χ4v) is 5.15. The number of amides is 1. The summed E-state index contributed by atoms with van der Waals surface area (Å²) in [5.74, 6) is 0.592. The maximum atomic E-state index is 12.8. The van der Waals surface area contributed by atoms with Crippen LogP contribution >= 0.6 is 0 Å². The van der Waals surface area contributed by atoms with Crippen molar-refractivity contribution in [2.75, 3.05) is 23.3 Å². The van der Waals surface area contributed by atoms with Gasteiger partial charge in [-0.1, -0.05) is 42.8 Å². The molecule has 0 unspecified atom stereocenters. The van der Waals surface area contributed by atoms with Gasteiger partial charge in [0.05, 0.1) is 4.90 Å². The molecule has 0 atom stereocenters. The van der Waals surface area contributed by atoms with E-state index in [9.17, 15) is 13.2 Å². The molecule has 1 aromatic heterocycles. The van der Waals surface area contributed by atoms with Crippen LogP contribution in [0, 0.1) is 12.8 Å². The number of nitrogens with zero attached hydrogens (tertiary/aromatic N) is 3. The highest BCUT2D eigenvalue weighted by atomic mass is 32.2. The number of hydrogen-bond donors (Lipinski definition) is 1. The van der Waals surface area contributed by atoms with E-state index in [1.54, 1.807) is 30.3 Å². The first-order valence-electron chi connectivity index (χ1n) is 11.2. The highest BCUT2D eigenvalue weighted by molar-refractivity contribution is 7.91. The van der Waals surface area contributed by atoms with Crippen LogP contribution in [0.1, 0.15) is 30.9 Å². The summed E-state index contributed by atoms with van der Waals surface area (Å²) in [5, 5.41) is 11.2. The summed E-state index contributed by atoms with van der Waals surface area (Å²) >= 11 is 0. The number of rotatable bonds is 6. The average molecular weight is 465 g/mol. The average Bonchev–Trinajstić information content (AvgIpc) is 2.85. The molecule has 0 saturated carbocycles. The summed E-state index contributed by atoms with van der Waals surface area (Å²) in [6, 6.07) is 17.7. The predicted octanol–water partition coefficient (Wildman–Crippen LogP) is 4.04. The smallest absolute Gasteiger partial charge is 0.227 e. The summed E-state index contributed by atoms with van der Waals surface area (Å²) < 4.78 is 25.6. The van der Waals surface area contributed by atoms with Crippen LogP contribution < -0.4 is 10.2 Å². The normalized spacial score (nSPS) is 14.8. The first-order valence-corrected chi connectivity index (χ1v) is 12.7. The summed E-state index contributed by atoms with van der Waals surface area (Å²) in [6.07, 6.45) is 2.26. The molecule has 0 spiro atoms. The van der Waals surface area contributed by atoms with Crippen LogP contribution in [-0.4, -0.2) is 37.6 Å². The number of para-hydroxylation sites is 1. The van der Waals surface area contributed by atoms with Crippen molar-refractivity contribution in [3.63, 3.8) is 0 Å². The molecular weight excluding hydrogens is 436 g/mol. The molecule has 1 N–H and O–H groups in total. The van der Waals surface area contributed by atoms with Gasteiger partial charge in [-0.05, 0) is 62.1 Å². The minimum atomic E-state index is -3.70. The third-order valence-electron chi connectivity index (χ3n) is 6.08. The lowest BCUT2D eigenvalue weighted by Crippen LogP contribution is -2.38. The Morgan fingerprint density at radius 3 is 2.33 bits per heavy atom. The van der Waals surface area contributed by atoms with Crippen molar-refractivity contribution in [2.45, 2.75) is 43.0 Å². The Morgan fingerprint density at radius 2 is 1.70 bits per heavy atom. The van der Waals surface area contributed by atoms with Gasteiger partial charge in [0.1, 0.15) is 0 Å². The molecule has 172 valence electrons. The van der Waals surface area contributed by atoms with E-state index in [4.69, 9.17) is 0 Å². The molecule has 0 bridgehead atoms. The Labute approximate surface area is 194 Å². The van der Waals surface area contributed by atoms with Gasteiger partial charge in [0, 0.05) is 24.7 Å². The lowest BCUT2D eigenvalue weighted by molar-refractivity contribution is -0.120. The van der Waals surface area contributed by atoms with Gasteiger partial charge in [-0.3, -0.25) is 4.79 Å². The molecule has 1 fully saturated rings. The molecule has 3 aromatic rings. The molecule has 8 heteroatoms. The quantitative estimate of drug-likeness (QED) is 0.592. The van der Waals surface area contributed by atoms with Crippen molar-refractivity contribution in [3.8, 4) is 0 Å². The molecular formula is C25H28N4O3S. The fourth-order valence-electron chi connectivity index (χ4n) is 4.02. The van der Waals surface area contributed by atoms with E-state index in [-0.39, 0.29) is 21.7 Å². The Kier molecular flexibility index (Phi) is 6.74. The maximum absolute atomic E-state index is 12.8. The van der Waals surface area contributed by atoms with Crippen LogP contribution in [-0.2, 0) is 21.1 Å². The van der Waals surface area contributed by atoms with Gasteiger partial charge < -0.3 is 10.2 Å². The Hall–Kier alpha value is -3.26. The van der Waals surface area contributed by atoms with E-state index in [2.05, 4.69) is 22.4 Å². The van der Waals surface area contributed by atoms with Crippen molar-refractivity contribution in [2.24, 2.45) is 5.92 Å². The first kappa shape index (κ1) is 22.9. The van der Waals surface area contributed by atoms with E-state index in [0.29, 0.717) is 31.7 Å². The van der Waals surface area contributed by atoms with Crippen LogP contribution in [0.5, 0.6) is 0 Å². The zero-order valence-electron chi connectivity index (χ0n) is 18.9. The number of aryl methyl sites for hydroxylation is 2. The summed E-state index contributed by atoms with van der Waals surface area (Å²) in [5.41, 5.74) is 2.99. The fraction of sp³-hybridized carbons (Fsp3) is 0.320. The second kappa shape index (κ2) is 9.70. The molecule has 33 heavy (non-hydrogen) atoms. The van der Waals surface area contributed by atoms with Gasteiger partial charge in [-0.15, -0.1) is 10.2 Å². The van der Waals surface area contributed by atoms with Gasteiger partial charge in [0.2, 0.25) is 15.7 Å². The second-order valence-corrected chi connectivity index (χ2v) is 10.2. The van der Waals surface area contributed by atoms with Crippen molar-refractivity contribution in [1.29, 1.82) is 0 Å². The van der Waals surface area contributed by atoms with E-state index in [1.165, 1.54) is 6.07 Å². The van der Waals surface area contributed by atoms with E-state index >= 15 is 0 Å². The maximum Gasteiger partial charge on any atom is 0.227 e. The minimum absolute atomic E-state index is 0.0428. The van der Waals surface area contributed by atoms with Crippen molar-refractivity contribution < 1.29 is 13.2 Å². The molecule has 2 aromatic carbocycles. The first-order chi connectivity index (χ1) is 15.9. The number of anilines is 2. The monoisotopic (exact) mass is 464 g/mol. The topological polar surface area (TPSA) is 92.3 Å². The van der Waals surface area contributed by atoms with Crippen molar-refractivity contribution in [3.05, 3.63) is 71.8 Å². The SMILES string of the molecule is CCc1ccccc1NC(=O)C1CCN(c2ccc(S(=O)(=O)c3ccc(C)cc3)nn2)CC1. The molecule has 1 aliphatic heterocycles. The molecule has 1 saturated heterocycles. The van der Waals surface area contributed by atoms with Gasteiger partial charge in [0.15, 0.2) is 10.8 Å². The van der Waals surface area contributed by atoms with E-state index in [0.717, 1.165) is 23.2 Å². The van der Waals surface area contributed by atoms with Crippen LogP contribution in [0.25, 0.3) is 0 Å². The predicted molar refractivity (Wildman–Crippen MR) is 128 cm³/mol. The minimum Gasteiger partial charge on any atom is -0.355 e. The third-order valence-corrected chi connectivity index (χ3v) is 7.74. The van der Waals surface area contributed by atoms with Gasteiger partial charge in [-0.25, -0.2) is 8.42 Å². The Balaban J connectivity index is 1.38. The summed E-state index contributed by atoms with van der Waals surface area (Å²) in [4.78, 5) is 15.0. The molecule has 1 amide bonds. The molecule has 7 nitrogen and oxygen atoms in total. The second-order valence-electron chi connectivity index (χ2n) is 8.31. The van der Waals surface area contributed by atoms with Crippen LogP contribution in [0.3, 0.4) is 0 Å². The summed E-state index contributed by atoms with van der Waals surface area (Å²) in [6.45, 7) is 5.29. The zero-order valence-corrected chi connectivity index (χ0v) is 19.7. The standard InChI is InChI=1S/C25H28N4O3S/c1-3-19-6-4-5-7-22(19)26-25(30)20-14-16-29(17-15-20)23-12-13-24(28-27-23)33(31,32)21-10-8-18(2)9-11-21/h4-13,20H,3,14-17H2,1-2H3,(H,26,30). The van der Waals surface area contributed by atoms with Crippen LogP contribution in [0.4, 0.5) is 11.5 Å². The van der Waals surface area contributed by atoms with Crippen LogP contribution in [0.15, 0.2) is 70.6 Å². The number of piperidine rings is 1. The zero-order chi connectivity index (χ0) is 23.4. The van der Waals surface area contributed by atoms with E-state index < -0.39 is 9.84 Å². The number of carbonyl (C=O) groups excluding carboxylic acids is 1.